The van der Waals surface area contributed by atoms with Crippen molar-refractivity contribution in [2.24, 2.45) is 5.92 Å². The number of carboxylic acid groups (broad SMARTS) is 1. The highest BCUT2D eigenvalue weighted by Gasteiger charge is 2.52. The fraction of sp³-hybridized carbons (Fsp3) is 0.357. The van der Waals surface area contributed by atoms with Gasteiger partial charge in [0.25, 0.3) is 0 Å². The van der Waals surface area contributed by atoms with Gasteiger partial charge in [-0.15, -0.1) is 6.42 Å². The van der Waals surface area contributed by atoms with Gasteiger partial charge in [-0.3, -0.25) is 5.32 Å². The molecule has 1 aromatic carbocycles. The van der Waals surface area contributed by atoms with Crippen molar-refractivity contribution in [1.29, 1.82) is 0 Å². The van der Waals surface area contributed by atoms with Crippen molar-refractivity contribution in [2.45, 2.75) is 18.4 Å². The van der Waals surface area contributed by atoms with E-state index in [0.29, 0.717) is 10.6 Å². The predicted octanol–water partition coefficient (Wildman–Crippen LogP) is 2.25. The average Bonchev–Trinajstić information content (AvgIpc) is 3.16. The largest absolute Gasteiger partial charge is 0.480 e. The van der Waals surface area contributed by atoms with E-state index in [2.05, 4.69) is 11.2 Å². The third-order valence-corrected chi connectivity index (χ3v) is 3.55. The highest BCUT2D eigenvalue weighted by molar-refractivity contribution is 6.30. The number of carbonyl (C=O) groups is 1. The van der Waals surface area contributed by atoms with Crippen LogP contribution in [0.3, 0.4) is 0 Å². The Labute approximate surface area is 111 Å². The van der Waals surface area contributed by atoms with E-state index in [0.717, 1.165) is 12.8 Å². The lowest BCUT2D eigenvalue weighted by atomic mass is 9.85. The minimum Gasteiger partial charge on any atom is -0.480 e. The van der Waals surface area contributed by atoms with Crippen LogP contribution in [0.1, 0.15) is 18.4 Å². The van der Waals surface area contributed by atoms with Crippen LogP contribution in [0.25, 0.3) is 0 Å². The van der Waals surface area contributed by atoms with Gasteiger partial charge < -0.3 is 5.11 Å². The molecule has 4 heteroatoms. The van der Waals surface area contributed by atoms with Crippen molar-refractivity contribution in [3.05, 3.63) is 34.9 Å². The molecule has 18 heavy (non-hydrogen) atoms. The van der Waals surface area contributed by atoms with Gasteiger partial charge in [0.05, 0.1) is 6.54 Å². The summed E-state index contributed by atoms with van der Waals surface area (Å²) in [6.07, 6.45) is 7.02. The molecule has 0 amide bonds. The molecular formula is C14H14ClNO2. The number of aliphatic carboxylic acids is 1. The smallest absolute Gasteiger partial charge is 0.328 e. The Kier molecular flexibility index (Phi) is 3.60. The number of halogens is 1. The van der Waals surface area contributed by atoms with Gasteiger partial charge in [-0.1, -0.05) is 29.7 Å². The molecule has 2 rings (SSSR count). The normalized spacial score (nSPS) is 17.8. The molecule has 1 unspecified atom stereocenters. The minimum absolute atomic E-state index is 0.0875. The molecule has 2 N–H and O–H groups in total. The van der Waals surface area contributed by atoms with Gasteiger partial charge in [0, 0.05) is 5.02 Å². The summed E-state index contributed by atoms with van der Waals surface area (Å²) in [5.41, 5.74) is -0.381. The SMILES string of the molecule is C#CCNC(C(=O)O)(c1ccc(Cl)cc1)C1CC1. The summed E-state index contributed by atoms with van der Waals surface area (Å²) in [5, 5.41) is 13.2. The van der Waals surface area contributed by atoms with E-state index in [-0.39, 0.29) is 12.5 Å². The van der Waals surface area contributed by atoms with Crippen LogP contribution in [0.2, 0.25) is 5.02 Å². The summed E-state index contributed by atoms with van der Waals surface area (Å²) in [5.74, 6) is 1.64. The number of hydrogen-bond donors (Lipinski definition) is 2. The molecule has 0 heterocycles. The fourth-order valence-electron chi connectivity index (χ4n) is 2.28. The standard InChI is InChI=1S/C14H14ClNO2/c1-2-9-16-14(13(17)18,10-3-4-10)11-5-7-12(15)8-6-11/h1,5-8,10,16H,3-4,9H2,(H,17,18). The number of rotatable bonds is 5. The monoisotopic (exact) mass is 263 g/mol. The molecule has 0 saturated heterocycles. The summed E-state index contributed by atoms with van der Waals surface area (Å²) >= 11 is 5.84. The van der Waals surface area contributed by atoms with Crippen LogP contribution >= 0.6 is 11.6 Å². The molecule has 1 aromatic rings. The van der Waals surface area contributed by atoms with E-state index >= 15 is 0 Å². The molecule has 0 aromatic heterocycles. The second-order valence-electron chi connectivity index (χ2n) is 4.45. The molecule has 1 aliphatic rings. The topological polar surface area (TPSA) is 49.3 Å². The zero-order valence-electron chi connectivity index (χ0n) is 9.82. The molecule has 0 bridgehead atoms. The van der Waals surface area contributed by atoms with Gasteiger partial charge in [-0.2, -0.15) is 0 Å². The van der Waals surface area contributed by atoms with E-state index in [1.165, 1.54) is 0 Å². The Morgan fingerprint density at radius 2 is 2.11 bits per heavy atom. The van der Waals surface area contributed by atoms with Crippen LogP contribution in [0.15, 0.2) is 24.3 Å². The van der Waals surface area contributed by atoms with Crippen molar-refractivity contribution in [2.75, 3.05) is 6.54 Å². The molecule has 1 aliphatic carbocycles. The van der Waals surface area contributed by atoms with Gasteiger partial charge >= 0.3 is 5.97 Å². The van der Waals surface area contributed by atoms with Crippen molar-refractivity contribution in [1.82, 2.24) is 5.32 Å². The lowest BCUT2D eigenvalue weighted by Gasteiger charge is -2.30. The molecule has 1 saturated carbocycles. The van der Waals surface area contributed by atoms with E-state index < -0.39 is 11.5 Å². The van der Waals surface area contributed by atoms with Crippen molar-refractivity contribution in [3.63, 3.8) is 0 Å². The zero-order chi connectivity index (χ0) is 13.2. The predicted molar refractivity (Wildman–Crippen MR) is 70.3 cm³/mol. The van der Waals surface area contributed by atoms with Gasteiger partial charge in [0.1, 0.15) is 5.54 Å². The van der Waals surface area contributed by atoms with E-state index in [1.54, 1.807) is 24.3 Å². The molecule has 0 spiro atoms. The lowest BCUT2D eigenvalue weighted by Crippen LogP contribution is -2.51. The molecular weight excluding hydrogens is 250 g/mol. The zero-order valence-corrected chi connectivity index (χ0v) is 10.6. The number of carboxylic acids is 1. The number of benzene rings is 1. The van der Waals surface area contributed by atoms with Crippen LogP contribution in [-0.4, -0.2) is 17.6 Å². The summed E-state index contributed by atoms with van der Waals surface area (Å²) in [6.45, 7) is 0.228. The number of hydrogen-bond acceptors (Lipinski definition) is 2. The van der Waals surface area contributed by atoms with E-state index in [9.17, 15) is 9.90 Å². The van der Waals surface area contributed by atoms with Gasteiger partial charge in [0.2, 0.25) is 0 Å². The summed E-state index contributed by atoms with van der Waals surface area (Å²) in [6, 6.07) is 6.90. The Hall–Kier alpha value is -1.50. The highest BCUT2D eigenvalue weighted by Crippen LogP contribution is 2.46. The van der Waals surface area contributed by atoms with E-state index in [4.69, 9.17) is 18.0 Å². The molecule has 0 radical (unpaired) electrons. The lowest BCUT2D eigenvalue weighted by molar-refractivity contribution is -0.146. The first-order valence-corrected chi connectivity index (χ1v) is 6.17. The maximum Gasteiger partial charge on any atom is 0.328 e. The number of nitrogens with one attached hydrogen (secondary N) is 1. The highest BCUT2D eigenvalue weighted by atomic mass is 35.5. The Balaban J connectivity index is 2.42. The number of terminal acetylenes is 1. The van der Waals surface area contributed by atoms with Gasteiger partial charge in [-0.25, -0.2) is 4.79 Å². The summed E-state index contributed by atoms with van der Waals surface area (Å²) in [7, 11) is 0. The first-order valence-electron chi connectivity index (χ1n) is 5.79. The maximum atomic E-state index is 11.7. The maximum absolute atomic E-state index is 11.7. The molecule has 94 valence electrons. The van der Waals surface area contributed by atoms with Crippen molar-refractivity contribution >= 4 is 17.6 Å². The molecule has 0 aliphatic heterocycles. The van der Waals surface area contributed by atoms with Crippen LogP contribution in [0.4, 0.5) is 0 Å². The van der Waals surface area contributed by atoms with Crippen molar-refractivity contribution in [3.8, 4) is 12.3 Å². The first-order chi connectivity index (χ1) is 8.61. The summed E-state index contributed by atoms with van der Waals surface area (Å²) < 4.78 is 0. The molecule has 1 fully saturated rings. The fourth-order valence-corrected chi connectivity index (χ4v) is 2.40. The Morgan fingerprint density at radius 1 is 1.50 bits per heavy atom. The van der Waals surface area contributed by atoms with Crippen LogP contribution in [0.5, 0.6) is 0 Å². The molecule has 1 atom stereocenters. The van der Waals surface area contributed by atoms with Crippen LogP contribution < -0.4 is 5.32 Å². The van der Waals surface area contributed by atoms with Crippen LogP contribution in [0, 0.1) is 18.3 Å². The third-order valence-electron chi connectivity index (χ3n) is 3.30. The van der Waals surface area contributed by atoms with Crippen molar-refractivity contribution < 1.29 is 9.90 Å². The van der Waals surface area contributed by atoms with E-state index in [1.807, 2.05) is 0 Å². The average molecular weight is 264 g/mol. The second-order valence-corrected chi connectivity index (χ2v) is 4.89. The molecule has 3 nitrogen and oxygen atoms in total. The Bertz CT molecular complexity index is 488. The minimum atomic E-state index is -1.09. The third kappa shape index (κ3) is 2.22. The first kappa shape index (κ1) is 12.9. The second kappa shape index (κ2) is 5.01. The Morgan fingerprint density at radius 3 is 2.56 bits per heavy atom. The van der Waals surface area contributed by atoms with Gasteiger partial charge in [-0.05, 0) is 36.5 Å². The van der Waals surface area contributed by atoms with Crippen LogP contribution in [-0.2, 0) is 10.3 Å². The quantitative estimate of drug-likeness (QED) is 0.801. The summed E-state index contributed by atoms with van der Waals surface area (Å²) in [4.78, 5) is 11.7. The van der Waals surface area contributed by atoms with Gasteiger partial charge in [0.15, 0.2) is 0 Å².